The fourth-order valence-corrected chi connectivity index (χ4v) is 3.13. The molecule has 162 valence electrons. The standard InChI is InChI=1S/C22H19F3N2O4/c1-13-11-16(21(30,19(28)31-2)22(23,24)25)8-10-18(13)27-20(29)26-17-9-7-14-5-3-4-6-15(14)12-17/h3-12,30H,1-2H3,(H2,26,27,29)/t21-/m0/s1. The van der Waals surface area contributed by atoms with Crippen molar-refractivity contribution in [3.63, 3.8) is 0 Å². The number of rotatable bonds is 4. The van der Waals surface area contributed by atoms with Gasteiger partial charge < -0.3 is 20.5 Å². The van der Waals surface area contributed by atoms with Gasteiger partial charge in [0.25, 0.3) is 5.60 Å². The number of carbonyl (C=O) groups excluding carboxylic acids is 2. The first kappa shape index (κ1) is 22.1. The minimum absolute atomic E-state index is 0.205. The van der Waals surface area contributed by atoms with E-state index in [0.29, 0.717) is 5.69 Å². The average molecular weight is 432 g/mol. The average Bonchev–Trinajstić information content (AvgIpc) is 2.73. The van der Waals surface area contributed by atoms with Gasteiger partial charge in [0, 0.05) is 16.9 Å². The first-order valence-electron chi connectivity index (χ1n) is 9.11. The van der Waals surface area contributed by atoms with E-state index in [1.165, 1.54) is 13.0 Å². The molecule has 0 heterocycles. The van der Waals surface area contributed by atoms with Gasteiger partial charge in [-0.1, -0.05) is 42.5 Å². The minimum Gasteiger partial charge on any atom is -0.466 e. The van der Waals surface area contributed by atoms with Crippen LogP contribution >= 0.6 is 0 Å². The number of amides is 2. The number of esters is 1. The Kier molecular flexibility index (Phi) is 5.90. The van der Waals surface area contributed by atoms with Crippen molar-refractivity contribution in [2.75, 3.05) is 17.7 Å². The van der Waals surface area contributed by atoms with Crippen molar-refractivity contribution in [1.82, 2.24) is 0 Å². The van der Waals surface area contributed by atoms with Crippen LogP contribution < -0.4 is 10.6 Å². The summed E-state index contributed by atoms with van der Waals surface area (Å²) in [4.78, 5) is 24.0. The van der Waals surface area contributed by atoms with Crippen LogP contribution in [0, 0.1) is 6.92 Å². The first-order valence-corrected chi connectivity index (χ1v) is 9.11. The quantitative estimate of drug-likeness (QED) is 0.521. The van der Waals surface area contributed by atoms with Gasteiger partial charge in [0.2, 0.25) is 0 Å². The van der Waals surface area contributed by atoms with Gasteiger partial charge in [-0.3, -0.25) is 0 Å². The smallest absolute Gasteiger partial charge is 0.432 e. The molecule has 3 rings (SSSR count). The van der Waals surface area contributed by atoms with E-state index in [4.69, 9.17) is 0 Å². The van der Waals surface area contributed by atoms with Crippen LogP contribution in [0.2, 0.25) is 0 Å². The zero-order valence-corrected chi connectivity index (χ0v) is 16.6. The lowest BCUT2D eigenvalue weighted by Gasteiger charge is -2.28. The molecule has 3 aromatic carbocycles. The van der Waals surface area contributed by atoms with Gasteiger partial charge in [-0.2, -0.15) is 13.2 Å². The van der Waals surface area contributed by atoms with Gasteiger partial charge in [0.05, 0.1) is 7.11 Å². The molecule has 0 radical (unpaired) electrons. The monoisotopic (exact) mass is 432 g/mol. The molecule has 3 aromatic rings. The van der Waals surface area contributed by atoms with Crippen LogP contribution in [0.4, 0.5) is 29.3 Å². The van der Waals surface area contributed by atoms with Gasteiger partial charge in [-0.15, -0.1) is 0 Å². The zero-order valence-electron chi connectivity index (χ0n) is 16.6. The van der Waals surface area contributed by atoms with Crippen LogP contribution in [0.3, 0.4) is 0 Å². The maximum absolute atomic E-state index is 13.4. The first-order chi connectivity index (χ1) is 14.6. The van der Waals surface area contributed by atoms with Crippen molar-refractivity contribution in [1.29, 1.82) is 0 Å². The van der Waals surface area contributed by atoms with Crippen LogP contribution in [0.1, 0.15) is 11.1 Å². The van der Waals surface area contributed by atoms with Crippen molar-refractivity contribution >= 4 is 34.1 Å². The number of aliphatic hydroxyl groups is 1. The summed E-state index contributed by atoms with van der Waals surface area (Å²) >= 11 is 0. The molecule has 6 nitrogen and oxygen atoms in total. The van der Waals surface area contributed by atoms with Crippen LogP contribution in [-0.2, 0) is 15.1 Å². The lowest BCUT2D eigenvalue weighted by atomic mass is 9.91. The van der Waals surface area contributed by atoms with E-state index in [1.54, 1.807) is 12.1 Å². The maximum atomic E-state index is 13.4. The highest BCUT2D eigenvalue weighted by Crippen LogP contribution is 2.40. The molecule has 0 fully saturated rings. The van der Waals surface area contributed by atoms with E-state index >= 15 is 0 Å². The van der Waals surface area contributed by atoms with Crippen LogP contribution in [0.15, 0.2) is 60.7 Å². The van der Waals surface area contributed by atoms with Crippen molar-refractivity contribution < 1.29 is 32.6 Å². The molecule has 31 heavy (non-hydrogen) atoms. The summed E-state index contributed by atoms with van der Waals surface area (Å²) < 4.78 is 44.3. The highest BCUT2D eigenvalue weighted by Gasteiger charge is 2.62. The molecule has 0 aliphatic heterocycles. The number of hydrogen-bond donors (Lipinski definition) is 3. The Morgan fingerprint density at radius 1 is 0.935 bits per heavy atom. The second-order valence-corrected chi connectivity index (χ2v) is 6.87. The Morgan fingerprint density at radius 2 is 1.61 bits per heavy atom. The van der Waals surface area contributed by atoms with E-state index in [0.717, 1.165) is 30.0 Å². The summed E-state index contributed by atoms with van der Waals surface area (Å²) in [7, 11) is 0.749. The van der Waals surface area contributed by atoms with Crippen LogP contribution in [0.5, 0.6) is 0 Å². The third-order valence-corrected chi connectivity index (χ3v) is 4.79. The Balaban J connectivity index is 1.80. The molecule has 0 saturated carbocycles. The highest BCUT2D eigenvalue weighted by atomic mass is 19.4. The number of methoxy groups -OCH3 is 1. The van der Waals surface area contributed by atoms with Crippen LogP contribution in [-0.4, -0.2) is 30.4 Å². The van der Waals surface area contributed by atoms with Crippen molar-refractivity contribution in [3.8, 4) is 0 Å². The topological polar surface area (TPSA) is 87.7 Å². The number of benzene rings is 3. The summed E-state index contributed by atoms with van der Waals surface area (Å²) in [5.41, 5.74) is -3.60. The number of halogens is 3. The lowest BCUT2D eigenvalue weighted by Crippen LogP contribution is -2.49. The third kappa shape index (κ3) is 4.31. The summed E-state index contributed by atoms with van der Waals surface area (Å²) in [6, 6.07) is 15.4. The molecule has 0 unspecified atom stereocenters. The molecule has 0 saturated heterocycles. The van der Waals surface area contributed by atoms with Crippen molar-refractivity contribution in [3.05, 3.63) is 71.8 Å². The zero-order chi connectivity index (χ0) is 22.8. The maximum Gasteiger partial charge on any atom is 0.432 e. The van der Waals surface area contributed by atoms with E-state index in [1.807, 2.05) is 30.3 Å². The number of urea groups is 1. The molecule has 0 aliphatic carbocycles. The lowest BCUT2D eigenvalue weighted by molar-refractivity contribution is -0.266. The summed E-state index contributed by atoms with van der Waals surface area (Å²) in [5.74, 6) is -1.85. The Bertz CT molecular complexity index is 1150. The molecule has 0 aromatic heterocycles. The fourth-order valence-electron chi connectivity index (χ4n) is 3.13. The van der Waals surface area contributed by atoms with Crippen molar-refractivity contribution in [2.24, 2.45) is 0 Å². The van der Waals surface area contributed by atoms with Gasteiger partial charge in [0.1, 0.15) is 0 Å². The van der Waals surface area contributed by atoms with Gasteiger partial charge in [-0.05, 0) is 41.5 Å². The van der Waals surface area contributed by atoms with Crippen molar-refractivity contribution in [2.45, 2.75) is 18.7 Å². The summed E-state index contributed by atoms with van der Waals surface area (Å²) in [5, 5.41) is 17.2. The number of nitrogens with one attached hydrogen (secondary N) is 2. The molecule has 0 aliphatic rings. The largest absolute Gasteiger partial charge is 0.466 e. The Labute approximate surface area is 175 Å². The van der Waals surface area contributed by atoms with Gasteiger partial charge in [-0.25, -0.2) is 9.59 Å². The minimum atomic E-state index is -5.30. The van der Waals surface area contributed by atoms with E-state index in [-0.39, 0.29) is 11.3 Å². The predicted octanol–water partition coefficient (Wildman–Crippen LogP) is 4.72. The number of fused-ring (bicyclic) bond motifs is 1. The molecular formula is C22H19F3N2O4. The molecule has 0 spiro atoms. The van der Waals surface area contributed by atoms with Gasteiger partial charge in [0.15, 0.2) is 0 Å². The molecule has 3 N–H and O–H groups in total. The SMILES string of the molecule is COC(=O)[C@@](O)(c1ccc(NC(=O)Nc2ccc3ccccc3c2)c(C)c1)C(F)(F)F. The number of alkyl halides is 3. The molecule has 9 heteroatoms. The second-order valence-electron chi connectivity index (χ2n) is 6.87. The van der Waals surface area contributed by atoms with E-state index < -0.39 is 29.3 Å². The van der Waals surface area contributed by atoms with E-state index in [9.17, 15) is 27.9 Å². The molecular weight excluding hydrogens is 413 g/mol. The predicted molar refractivity (Wildman–Crippen MR) is 110 cm³/mol. The highest BCUT2D eigenvalue weighted by molar-refractivity contribution is 6.01. The summed E-state index contributed by atoms with van der Waals surface area (Å²) in [6.07, 6.45) is -5.30. The normalized spacial score (nSPS) is 13.4. The molecule has 1 atom stereocenters. The fraction of sp³-hybridized carbons (Fsp3) is 0.182. The van der Waals surface area contributed by atoms with Crippen LogP contribution in [0.25, 0.3) is 10.8 Å². The number of carbonyl (C=O) groups is 2. The number of ether oxygens (including phenoxy) is 1. The molecule has 0 bridgehead atoms. The third-order valence-electron chi connectivity index (χ3n) is 4.79. The summed E-state index contributed by atoms with van der Waals surface area (Å²) in [6.45, 7) is 1.43. The number of hydrogen-bond acceptors (Lipinski definition) is 4. The number of anilines is 2. The van der Waals surface area contributed by atoms with E-state index in [2.05, 4.69) is 15.4 Å². The Morgan fingerprint density at radius 3 is 2.23 bits per heavy atom. The molecule has 2 amide bonds. The Hall–Kier alpha value is -3.59. The van der Waals surface area contributed by atoms with Gasteiger partial charge >= 0.3 is 18.2 Å². The number of aryl methyl sites for hydroxylation is 1. The second kappa shape index (κ2) is 8.27.